The van der Waals surface area contributed by atoms with Gasteiger partial charge in [-0.25, -0.2) is 0 Å². The van der Waals surface area contributed by atoms with Crippen molar-refractivity contribution in [3.8, 4) is 22.3 Å². The number of thiophene rings is 1. The number of hydrogen-bond donors (Lipinski definition) is 0. The summed E-state index contributed by atoms with van der Waals surface area (Å²) in [5.74, 6) is 0. The zero-order valence-corrected chi connectivity index (χ0v) is 15.1. The summed E-state index contributed by atoms with van der Waals surface area (Å²) >= 11 is 7.23. The molecule has 5 aromatic rings. The van der Waals surface area contributed by atoms with E-state index in [1.54, 1.807) is 0 Å². The van der Waals surface area contributed by atoms with Gasteiger partial charge in [0, 0.05) is 25.2 Å². The van der Waals surface area contributed by atoms with E-state index in [-0.39, 0.29) is 41.3 Å². The summed E-state index contributed by atoms with van der Waals surface area (Å²) < 4.78 is 51.2. The quantitative estimate of drug-likeness (QED) is 0.292. The second-order valence-electron chi connectivity index (χ2n) is 5.89. The van der Waals surface area contributed by atoms with E-state index in [2.05, 4.69) is 0 Å². The molecule has 5 rings (SSSR count). The molecule has 0 saturated carbocycles. The fourth-order valence-corrected chi connectivity index (χ4v) is 4.32. The SMILES string of the molecule is [2H]c1c([2H])c(-c2ccc(-c3ccccc3)cc2)c2c(sc3c([2H])c(Cl)c([2H])c([2H])c32)c1[2H]. The van der Waals surface area contributed by atoms with Crippen molar-refractivity contribution in [3.63, 3.8) is 0 Å². The molecule has 0 bridgehead atoms. The fraction of sp³-hybridized carbons (Fsp3) is 0. The first-order valence-corrected chi connectivity index (χ1v) is 9.27. The maximum absolute atomic E-state index is 8.62. The van der Waals surface area contributed by atoms with Crippen LogP contribution in [-0.4, -0.2) is 0 Å². The maximum atomic E-state index is 8.62. The second kappa shape index (κ2) is 6.28. The van der Waals surface area contributed by atoms with Crippen LogP contribution in [0, 0.1) is 0 Å². The predicted molar refractivity (Wildman–Crippen MR) is 115 cm³/mol. The Morgan fingerprint density at radius 1 is 0.731 bits per heavy atom. The van der Waals surface area contributed by atoms with E-state index in [4.69, 9.17) is 19.8 Å². The Labute approximate surface area is 169 Å². The molecular weight excluding hydrogens is 356 g/mol. The zero-order chi connectivity index (χ0) is 22.7. The topological polar surface area (TPSA) is 0 Å². The van der Waals surface area contributed by atoms with Gasteiger partial charge in [0.15, 0.2) is 0 Å². The van der Waals surface area contributed by atoms with Gasteiger partial charge in [-0.1, -0.05) is 84.3 Å². The summed E-state index contributed by atoms with van der Waals surface area (Å²) in [5, 5.41) is 0.701. The van der Waals surface area contributed by atoms with Crippen molar-refractivity contribution in [2.45, 2.75) is 0 Å². The standard InChI is InChI=1S/C24H15ClS/c25-19-13-14-21-23(15-19)26-22-8-4-7-20(24(21)22)18-11-9-17(10-12-18)16-5-2-1-3-6-16/h1-15H/i4D,7D,8D,13D,14D,15D. The Morgan fingerprint density at radius 3 is 2.27 bits per heavy atom. The first kappa shape index (κ1) is 10.5. The van der Waals surface area contributed by atoms with Crippen molar-refractivity contribution < 1.29 is 8.22 Å². The van der Waals surface area contributed by atoms with Gasteiger partial charge in [0.05, 0.1) is 8.22 Å². The first-order valence-electron chi connectivity index (χ1n) is 11.1. The number of rotatable bonds is 2. The van der Waals surface area contributed by atoms with Crippen LogP contribution in [0.1, 0.15) is 8.22 Å². The highest BCUT2D eigenvalue weighted by molar-refractivity contribution is 7.26. The van der Waals surface area contributed by atoms with Gasteiger partial charge in [0.2, 0.25) is 0 Å². The largest absolute Gasteiger partial charge is 0.135 e. The summed E-state index contributed by atoms with van der Waals surface area (Å²) in [7, 11) is 0. The summed E-state index contributed by atoms with van der Waals surface area (Å²) in [6.07, 6.45) is 0. The van der Waals surface area contributed by atoms with Crippen LogP contribution in [0.2, 0.25) is 5.02 Å². The molecule has 0 atom stereocenters. The summed E-state index contributed by atoms with van der Waals surface area (Å²) in [4.78, 5) is 0. The highest BCUT2D eigenvalue weighted by Crippen LogP contribution is 2.41. The molecule has 0 N–H and O–H groups in total. The van der Waals surface area contributed by atoms with E-state index in [0.29, 0.717) is 31.3 Å². The van der Waals surface area contributed by atoms with Crippen LogP contribution >= 0.6 is 22.9 Å². The summed E-state index contributed by atoms with van der Waals surface area (Å²) in [5.41, 5.74) is 3.17. The van der Waals surface area contributed by atoms with Gasteiger partial charge >= 0.3 is 0 Å². The fourth-order valence-electron chi connectivity index (χ4n) is 3.10. The van der Waals surface area contributed by atoms with Crippen molar-refractivity contribution in [1.82, 2.24) is 0 Å². The molecule has 26 heavy (non-hydrogen) atoms. The highest BCUT2D eigenvalue weighted by atomic mass is 35.5. The van der Waals surface area contributed by atoms with Gasteiger partial charge in [0.1, 0.15) is 0 Å². The zero-order valence-electron chi connectivity index (χ0n) is 19.5. The summed E-state index contributed by atoms with van der Waals surface area (Å²) in [6, 6.07) is 16.6. The Kier molecular flexibility index (Phi) is 2.54. The Morgan fingerprint density at radius 2 is 1.46 bits per heavy atom. The van der Waals surface area contributed by atoms with Gasteiger partial charge < -0.3 is 0 Å². The molecule has 0 fully saturated rings. The normalized spacial score (nSPS) is 14.5. The number of fused-ring (bicyclic) bond motifs is 3. The number of halogens is 1. The van der Waals surface area contributed by atoms with Crippen molar-refractivity contribution in [3.05, 3.63) is 95.9 Å². The van der Waals surface area contributed by atoms with Crippen LogP contribution in [0.25, 0.3) is 42.4 Å². The van der Waals surface area contributed by atoms with Gasteiger partial charge in [-0.15, -0.1) is 11.3 Å². The predicted octanol–water partition coefficient (Wildman–Crippen LogP) is 8.04. The first-order chi connectivity index (χ1) is 15.3. The number of hydrogen-bond acceptors (Lipinski definition) is 1. The summed E-state index contributed by atoms with van der Waals surface area (Å²) in [6.45, 7) is 0. The van der Waals surface area contributed by atoms with Gasteiger partial charge in [-0.2, -0.15) is 0 Å². The molecule has 1 aromatic heterocycles. The van der Waals surface area contributed by atoms with Gasteiger partial charge in [-0.05, 0) is 40.4 Å². The molecule has 0 aliphatic carbocycles. The molecule has 1 heterocycles. The van der Waals surface area contributed by atoms with Crippen molar-refractivity contribution in [1.29, 1.82) is 0 Å². The molecule has 0 nitrogen and oxygen atoms in total. The molecule has 0 aliphatic rings. The van der Waals surface area contributed by atoms with Crippen LogP contribution < -0.4 is 0 Å². The molecule has 4 aromatic carbocycles. The van der Waals surface area contributed by atoms with Gasteiger partial charge in [0.25, 0.3) is 0 Å². The van der Waals surface area contributed by atoms with E-state index in [0.717, 1.165) is 22.5 Å². The average Bonchev–Trinajstić information content (AvgIpc) is 3.21. The van der Waals surface area contributed by atoms with Gasteiger partial charge in [-0.3, -0.25) is 0 Å². The lowest BCUT2D eigenvalue weighted by Gasteiger charge is -2.07. The van der Waals surface area contributed by atoms with Crippen LogP contribution in [0.4, 0.5) is 0 Å². The maximum Gasteiger partial charge on any atom is 0.0654 e. The van der Waals surface area contributed by atoms with Crippen molar-refractivity contribution in [2.75, 3.05) is 0 Å². The van der Waals surface area contributed by atoms with E-state index >= 15 is 0 Å². The third kappa shape index (κ3) is 2.61. The highest BCUT2D eigenvalue weighted by Gasteiger charge is 2.11. The van der Waals surface area contributed by atoms with E-state index < -0.39 is 0 Å². The minimum absolute atomic E-state index is 0.0632. The number of benzene rings is 4. The van der Waals surface area contributed by atoms with Crippen LogP contribution in [-0.2, 0) is 0 Å². The lowest BCUT2D eigenvalue weighted by atomic mass is 9.97. The Hall–Kier alpha value is -2.61. The molecule has 0 radical (unpaired) electrons. The van der Waals surface area contributed by atoms with E-state index in [9.17, 15) is 0 Å². The molecule has 0 aliphatic heterocycles. The average molecular weight is 377 g/mol. The van der Waals surface area contributed by atoms with Crippen LogP contribution in [0.3, 0.4) is 0 Å². The van der Waals surface area contributed by atoms with E-state index in [1.807, 2.05) is 54.6 Å². The minimum Gasteiger partial charge on any atom is -0.135 e. The Balaban J connectivity index is 1.87. The molecular formula is C24H15ClS. The van der Waals surface area contributed by atoms with Crippen molar-refractivity contribution >= 4 is 43.1 Å². The lowest BCUT2D eigenvalue weighted by Crippen LogP contribution is -1.81. The Bertz CT molecular complexity index is 1530. The lowest BCUT2D eigenvalue weighted by molar-refractivity contribution is 1.61. The minimum atomic E-state index is -0.248. The molecule has 0 spiro atoms. The van der Waals surface area contributed by atoms with E-state index in [1.165, 1.54) is 0 Å². The monoisotopic (exact) mass is 376 g/mol. The molecule has 124 valence electrons. The molecule has 0 unspecified atom stereocenters. The third-order valence-corrected chi connectivity index (χ3v) is 5.53. The second-order valence-corrected chi connectivity index (χ2v) is 7.29. The molecule has 0 saturated heterocycles. The van der Waals surface area contributed by atoms with Crippen molar-refractivity contribution in [2.24, 2.45) is 0 Å². The molecule has 2 heteroatoms. The third-order valence-electron chi connectivity index (χ3n) is 4.32. The van der Waals surface area contributed by atoms with Crippen LogP contribution in [0.5, 0.6) is 0 Å². The smallest absolute Gasteiger partial charge is 0.0654 e. The molecule has 0 amide bonds. The van der Waals surface area contributed by atoms with Crippen LogP contribution in [0.15, 0.2) is 90.9 Å².